The van der Waals surface area contributed by atoms with Crippen molar-refractivity contribution >= 4 is 104 Å². The molecule has 9 heteroatoms. The second kappa shape index (κ2) is 15.0. The summed E-state index contributed by atoms with van der Waals surface area (Å²) in [5.74, 6) is 0.944. The lowest BCUT2D eigenvalue weighted by atomic mass is 9.99. The number of thiophene rings is 6. The predicted octanol–water partition coefficient (Wildman–Crippen LogP) is 16.1. The Morgan fingerprint density at radius 1 is 0.635 bits per heavy atom. The van der Waals surface area contributed by atoms with Gasteiger partial charge in [-0.05, 0) is 78.8 Å². The molecular formula is C43H47FO2S6. The fraction of sp³-hybridized carbons (Fsp3) is 0.419. The monoisotopic (exact) mass is 806 g/mol. The summed E-state index contributed by atoms with van der Waals surface area (Å²) in [5, 5.41) is 3.12. The van der Waals surface area contributed by atoms with Crippen molar-refractivity contribution in [1.82, 2.24) is 0 Å². The number of hydrogen-bond acceptors (Lipinski definition) is 8. The molecule has 0 aliphatic rings. The molecule has 0 unspecified atom stereocenters. The predicted molar refractivity (Wildman–Crippen MR) is 233 cm³/mol. The highest BCUT2D eigenvalue weighted by molar-refractivity contribution is 7.31. The molecule has 52 heavy (non-hydrogen) atoms. The van der Waals surface area contributed by atoms with Crippen molar-refractivity contribution in [3.8, 4) is 30.6 Å². The molecule has 6 heterocycles. The van der Waals surface area contributed by atoms with E-state index in [0.717, 1.165) is 32.2 Å². The SMILES string of the molecule is CC(C)COC(=O)c1sc2c(C(C)C)sc(-c3cc4c(-c5ccc(CC(C)C)s5)c5sc(C(C)C)cc5c(-c5ccc(CC(C)C)s5)c4s3)c2c1F. The maximum absolute atomic E-state index is 16.6. The third kappa shape index (κ3) is 7.11. The van der Waals surface area contributed by atoms with Gasteiger partial charge in [0, 0.05) is 70.8 Å². The van der Waals surface area contributed by atoms with E-state index in [1.165, 1.54) is 67.0 Å². The smallest absolute Gasteiger partial charge is 0.351 e. The van der Waals surface area contributed by atoms with Crippen molar-refractivity contribution in [3.63, 3.8) is 0 Å². The van der Waals surface area contributed by atoms with Crippen molar-refractivity contribution in [3.05, 3.63) is 66.6 Å². The summed E-state index contributed by atoms with van der Waals surface area (Å²) >= 11 is 10.5. The summed E-state index contributed by atoms with van der Waals surface area (Å²) in [6.07, 6.45) is 2.12. The van der Waals surface area contributed by atoms with E-state index in [9.17, 15) is 4.79 Å². The van der Waals surface area contributed by atoms with Crippen molar-refractivity contribution in [2.45, 2.75) is 93.9 Å². The second-order valence-corrected chi connectivity index (χ2v) is 22.3. The number of carbonyl (C=O) groups is 1. The average molecular weight is 807 g/mol. The second-order valence-electron chi connectivity index (χ2n) is 15.8. The Bertz CT molecular complexity index is 2300. The van der Waals surface area contributed by atoms with Gasteiger partial charge >= 0.3 is 5.97 Å². The molecular weight excluding hydrogens is 760 g/mol. The molecule has 0 N–H and O–H groups in total. The molecule has 0 saturated carbocycles. The highest BCUT2D eigenvalue weighted by atomic mass is 32.1. The fourth-order valence-corrected chi connectivity index (χ4v) is 14.7. The maximum Gasteiger partial charge on any atom is 0.351 e. The molecule has 7 aromatic rings. The van der Waals surface area contributed by atoms with E-state index in [4.69, 9.17) is 4.74 Å². The minimum Gasteiger partial charge on any atom is -0.461 e. The van der Waals surface area contributed by atoms with Gasteiger partial charge in [-0.2, -0.15) is 0 Å². The Morgan fingerprint density at radius 2 is 1.21 bits per heavy atom. The van der Waals surface area contributed by atoms with Crippen LogP contribution in [-0.4, -0.2) is 12.6 Å². The lowest BCUT2D eigenvalue weighted by Gasteiger charge is -2.10. The molecule has 0 aliphatic carbocycles. The van der Waals surface area contributed by atoms with Crippen LogP contribution in [-0.2, 0) is 17.6 Å². The van der Waals surface area contributed by atoms with Gasteiger partial charge in [0.05, 0.1) is 16.2 Å². The molecule has 0 saturated heterocycles. The fourth-order valence-electron chi connectivity index (χ4n) is 6.71. The lowest BCUT2D eigenvalue weighted by molar-refractivity contribution is 0.0460. The normalized spacial score (nSPS) is 12.5. The number of hydrogen-bond donors (Lipinski definition) is 0. The Labute approximate surface area is 331 Å². The van der Waals surface area contributed by atoms with Gasteiger partial charge in [-0.15, -0.1) is 68.0 Å². The molecule has 7 rings (SSSR count). The topological polar surface area (TPSA) is 26.3 Å². The molecule has 0 atom stereocenters. The number of halogens is 1. The Hall–Kier alpha value is -2.40. The zero-order chi connectivity index (χ0) is 37.2. The number of fused-ring (bicyclic) bond motifs is 3. The molecule has 0 bridgehead atoms. The van der Waals surface area contributed by atoms with Crippen LogP contribution in [0, 0.1) is 23.6 Å². The van der Waals surface area contributed by atoms with Crippen LogP contribution in [0.5, 0.6) is 0 Å². The molecule has 0 spiro atoms. The molecule has 2 nitrogen and oxygen atoms in total. The van der Waals surface area contributed by atoms with Crippen LogP contribution in [0.25, 0.3) is 60.9 Å². The van der Waals surface area contributed by atoms with Gasteiger partial charge in [0.15, 0.2) is 5.82 Å². The number of rotatable bonds is 12. The van der Waals surface area contributed by atoms with Crippen LogP contribution >= 0.6 is 68.0 Å². The Kier molecular flexibility index (Phi) is 11.0. The summed E-state index contributed by atoms with van der Waals surface area (Å²) in [7, 11) is 0. The standard InChI is InChI=1S/C43H47FO2S6/c1-20(2)15-25-11-13-29(47-25)33-27-17-31(23(7)8)49-38(27)34(30-14-12-26(48-30)16-21(3)4)28-18-32(50-39(28)33)40-35-36(44)42(43(45)46-19-22(5)6)52-41(35)37(51-40)24(9)10/h11-14,17-18,20-24H,15-16,19H2,1-10H3. The summed E-state index contributed by atoms with van der Waals surface area (Å²) in [5.41, 5.74) is 2.60. The van der Waals surface area contributed by atoms with E-state index >= 15 is 4.39 Å². The first-order chi connectivity index (χ1) is 24.7. The van der Waals surface area contributed by atoms with Gasteiger partial charge in [-0.25, -0.2) is 9.18 Å². The van der Waals surface area contributed by atoms with Crippen molar-refractivity contribution in [2.24, 2.45) is 17.8 Å². The quantitative estimate of drug-likeness (QED) is 0.115. The van der Waals surface area contributed by atoms with Crippen molar-refractivity contribution in [2.75, 3.05) is 6.61 Å². The molecule has 0 aliphatic heterocycles. The summed E-state index contributed by atoms with van der Waals surface area (Å²) in [6.45, 7) is 22.3. The summed E-state index contributed by atoms with van der Waals surface area (Å²) < 4.78 is 25.6. The van der Waals surface area contributed by atoms with E-state index in [2.05, 4.69) is 91.8 Å². The highest BCUT2D eigenvalue weighted by Gasteiger charge is 2.30. The van der Waals surface area contributed by atoms with Gasteiger partial charge in [-0.1, -0.05) is 69.2 Å². The molecule has 0 fully saturated rings. The first kappa shape index (κ1) is 37.9. The Morgan fingerprint density at radius 3 is 1.75 bits per heavy atom. The molecule has 274 valence electrons. The highest BCUT2D eigenvalue weighted by Crippen LogP contribution is 2.56. The molecule has 0 amide bonds. The first-order valence-corrected chi connectivity index (χ1v) is 23.2. The molecule has 6 aromatic heterocycles. The third-order valence-electron chi connectivity index (χ3n) is 9.07. The zero-order valence-electron chi connectivity index (χ0n) is 31.6. The summed E-state index contributed by atoms with van der Waals surface area (Å²) in [6, 6.07) is 14.0. The zero-order valence-corrected chi connectivity index (χ0v) is 36.5. The molecule has 0 radical (unpaired) electrons. The van der Waals surface area contributed by atoms with Gasteiger partial charge in [0.25, 0.3) is 0 Å². The average Bonchev–Trinajstić information content (AvgIpc) is 3.90. The first-order valence-electron chi connectivity index (χ1n) is 18.3. The van der Waals surface area contributed by atoms with Gasteiger partial charge in [0.2, 0.25) is 0 Å². The van der Waals surface area contributed by atoms with Crippen LogP contribution in [0.4, 0.5) is 4.39 Å². The van der Waals surface area contributed by atoms with E-state index in [1.54, 1.807) is 22.7 Å². The van der Waals surface area contributed by atoms with Crippen LogP contribution in [0.1, 0.15) is 110 Å². The Balaban J connectivity index is 1.53. The number of esters is 1. The largest absolute Gasteiger partial charge is 0.461 e. The summed E-state index contributed by atoms with van der Waals surface area (Å²) in [4.78, 5) is 23.1. The maximum atomic E-state index is 16.6. The van der Waals surface area contributed by atoms with Crippen LogP contribution < -0.4 is 0 Å². The van der Waals surface area contributed by atoms with E-state index in [1.807, 2.05) is 47.9 Å². The van der Waals surface area contributed by atoms with Crippen LogP contribution in [0.2, 0.25) is 0 Å². The van der Waals surface area contributed by atoms with Crippen molar-refractivity contribution in [1.29, 1.82) is 0 Å². The van der Waals surface area contributed by atoms with Crippen molar-refractivity contribution < 1.29 is 13.9 Å². The van der Waals surface area contributed by atoms with E-state index < -0.39 is 11.8 Å². The number of ether oxygens (including phenoxy) is 1. The van der Waals surface area contributed by atoms with Crippen LogP contribution in [0.3, 0.4) is 0 Å². The van der Waals surface area contributed by atoms with Gasteiger partial charge < -0.3 is 4.74 Å². The minimum atomic E-state index is -0.565. The number of carbonyl (C=O) groups excluding carboxylic acids is 1. The van der Waals surface area contributed by atoms with E-state index in [0.29, 0.717) is 23.1 Å². The van der Waals surface area contributed by atoms with E-state index in [-0.39, 0.29) is 23.3 Å². The van der Waals surface area contributed by atoms with Crippen LogP contribution in [0.15, 0.2) is 36.4 Å². The third-order valence-corrected chi connectivity index (χ3v) is 16.9. The minimum absolute atomic E-state index is 0.0818. The van der Waals surface area contributed by atoms with Gasteiger partial charge in [0.1, 0.15) is 4.88 Å². The number of benzene rings is 1. The molecule has 1 aromatic carbocycles. The lowest BCUT2D eigenvalue weighted by Crippen LogP contribution is -2.09. The van der Waals surface area contributed by atoms with Gasteiger partial charge in [-0.3, -0.25) is 0 Å².